The Morgan fingerprint density at radius 1 is 1.26 bits per heavy atom. The Morgan fingerprint density at radius 2 is 2.03 bits per heavy atom. The molecule has 1 aliphatic heterocycles. The molecule has 3 unspecified atom stereocenters. The second kappa shape index (κ2) is 10.1. The number of nitrogens with one attached hydrogen (secondary N) is 1. The Bertz CT molecular complexity index is 1200. The van der Waals surface area contributed by atoms with Crippen LogP contribution in [0, 0.1) is 23.2 Å². The van der Waals surface area contributed by atoms with Crippen LogP contribution in [0.1, 0.15) is 18.4 Å². The molecule has 1 aromatic carbocycles. The SMILES string of the molecule is N#Cc1cc(-c2ccnc(NC(=O)C3C[C@H]3C(N)=O)c2)ccc1OC1CCN(C(=O)CO)CC1F. The number of likely N-dealkylation sites (tertiary alicyclic amines) is 1. The average molecular weight is 481 g/mol. The third kappa shape index (κ3) is 5.38. The largest absolute Gasteiger partial charge is 0.486 e. The van der Waals surface area contributed by atoms with E-state index in [9.17, 15) is 24.0 Å². The highest BCUT2D eigenvalue weighted by molar-refractivity contribution is 5.99. The second-order valence-electron chi connectivity index (χ2n) is 8.55. The molecule has 4 atom stereocenters. The van der Waals surface area contributed by atoms with Crippen LogP contribution in [0.4, 0.5) is 10.2 Å². The van der Waals surface area contributed by atoms with Gasteiger partial charge >= 0.3 is 0 Å². The molecule has 182 valence electrons. The van der Waals surface area contributed by atoms with Crippen LogP contribution < -0.4 is 15.8 Å². The molecule has 35 heavy (non-hydrogen) atoms. The van der Waals surface area contributed by atoms with Crippen LogP contribution >= 0.6 is 0 Å². The molecule has 0 bridgehead atoms. The summed E-state index contributed by atoms with van der Waals surface area (Å²) in [6.45, 7) is -0.610. The number of pyridine rings is 1. The van der Waals surface area contributed by atoms with Gasteiger partial charge in [0, 0.05) is 19.2 Å². The number of benzene rings is 1. The number of ether oxygens (including phenoxy) is 1. The van der Waals surface area contributed by atoms with Gasteiger partial charge in [0.15, 0.2) is 6.17 Å². The van der Waals surface area contributed by atoms with Crippen molar-refractivity contribution in [3.05, 3.63) is 42.1 Å². The molecule has 2 aromatic rings. The fraction of sp³-hybridized carbons (Fsp3) is 0.375. The topological polar surface area (TPSA) is 159 Å². The number of nitrogens with two attached hydrogens (primary N) is 1. The first-order valence-corrected chi connectivity index (χ1v) is 11.1. The molecule has 0 spiro atoms. The molecule has 2 fully saturated rings. The summed E-state index contributed by atoms with van der Waals surface area (Å²) < 4.78 is 20.4. The number of hydrogen-bond donors (Lipinski definition) is 3. The van der Waals surface area contributed by atoms with Gasteiger partial charge in [0.05, 0.1) is 23.9 Å². The second-order valence-corrected chi connectivity index (χ2v) is 8.55. The van der Waals surface area contributed by atoms with Crippen LogP contribution in [0.15, 0.2) is 36.5 Å². The number of nitriles is 1. The van der Waals surface area contributed by atoms with Gasteiger partial charge in [-0.05, 0) is 41.8 Å². The van der Waals surface area contributed by atoms with E-state index in [1.165, 1.54) is 11.1 Å². The van der Waals surface area contributed by atoms with E-state index in [2.05, 4.69) is 16.4 Å². The molecule has 1 saturated carbocycles. The highest BCUT2D eigenvalue weighted by Crippen LogP contribution is 2.39. The van der Waals surface area contributed by atoms with Crippen LogP contribution in [0.3, 0.4) is 0 Å². The number of carbonyl (C=O) groups is 3. The van der Waals surface area contributed by atoms with E-state index in [4.69, 9.17) is 15.6 Å². The van der Waals surface area contributed by atoms with Crippen LogP contribution in [0.25, 0.3) is 11.1 Å². The van der Waals surface area contributed by atoms with Crippen LogP contribution in [-0.2, 0) is 14.4 Å². The minimum Gasteiger partial charge on any atom is -0.486 e. The number of aromatic nitrogens is 1. The van der Waals surface area contributed by atoms with Gasteiger partial charge in [-0.2, -0.15) is 5.26 Å². The normalized spacial score (nSPS) is 23.2. The van der Waals surface area contributed by atoms with E-state index in [-0.39, 0.29) is 36.7 Å². The van der Waals surface area contributed by atoms with E-state index in [1.807, 2.05) is 0 Å². The molecule has 1 aromatic heterocycles. The number of aliphatic hydroxyl groups excluding tert-OH is 1. The minimum absolute atomic E-state index is 0.184. The molecule has 1 saturated heterocycles. The molecule has 10 nitrogen and oxygen atoms in total. The lowest BCUT2D eigenvalue weighted by atomic mass is 10.0. The van der Waals surface area contributed by atoms with Crippen molar-refractivity contribution in [2.24, 2.45) is 17.6 Å². The summed E-state index contributed by atoms with van der Waals surface area (Å²) in [6.07, 6.45) is -0.133. The van der Waals surface area contributed by atoms with Gasteiger partial charge in [0.1, 0.15) is 30.3 Å². The van der Waals surface area contributed by atoms with Gasteiger partial charge < -0.3 is 25.8 Å². The zero-order valence-electron chi connectivity index (χ0n) is 18.7. The summed E-state index contributed by atoms with van der Waals surface area (Å²) in [4.78, 5) is 40.5. The lowest BCUT2D eigenvalue weighted by Crippen LogP contribution is -2.50. The van der Waals surface area contributed by atoms with E-state index >= 15 is 0 Å². The Kier molecular flexibility index (Phi) is 6.93. The van der Waals surface area contributed by atoms with Crippen molar-refractivity contribution in [1.82, 2.24) is 9.88 Å². The lowest BCUT2D eigenvalue weighted by molar-refractivity contribution is -0.138. The number of primary amides is 1. The number of anilines is 1. The first-order chi connectivity index (χ1) is 16.8. The molecule has 3 amide bonds. The molecule has 0 radical (unpaired) electrons. The highest BCUT2D eigenvalue weighted by Gasteiger charge is 2.47. The van der Waals surface area contributed by atoms with Crippen LogP contribution in [0.5, 0.6) is 5.75 Å². The third-order valence-corrected chi connectivity index (χ3v) is 6.19. The van der Waals surface area contributed by atoms with Gasteiger partial charge in [-0.3, -0.25) is 14.4 Å². The van der Waals surface area contributed by atoms with E-state index in [0.29, 0.717) is 23.4 Å². The number of aliphatic hydroxyl groups is 1. The fourth-order valence-electron chi connectivity index (χ4n) is 4.10. The Hall–Kier alpha value is -4.04. The van der Waals surface area contributed by atoms with E-state index in [1.54, 1.807) is 30.3 Å². The smallest absolute Gasteiger partial charge is 0.248 e. The lowest BCUT2D eigenvalue weighted by Gasteiger charge is -2.34. The van der Waals surface area contributed by atoms with Crippen molar-refractivity contribution >= 4 is 23.5 Å². The minimum atomic E-state index is -1.46. The van der Waals surface area contributed by atoms with Gasteiger partial charge in [-0.15, -0.1) is 0 Å². The number of piperidine rings is 1. The maximum atomic E-state index is 14.6. The zero-order chi connectivity index (χ0) is 25.1. The first-order valence-electron chi connectivity index (χ1n) is 11.1. The van der Waals surface area contributed by atoms with E-state index in [0.717, 1.165) is 0 Å². The van der Waals surface area contributed by atoms with Crippen molar-refractivity contribution in [2.75, 3.05) is 25.0 Å². The maximum Gasteiger partial charge on any atom is 0.248 e. The maximum absolute atomic E-state index is 14.6. The number of alkyl halides is 1. The fourth-order valence-corrected chi connectivity index (χ4v) is 4.10. The predicted molar refractivity (Wildman–Crippen MR) is 121 cm³/mol. The predicted octanol–water partition coefficient (Wildman–Crippen LogP) is 0.990. The molecule has 4 N–H and O–H groups in total. The van der Waals surface area contributed by atoms with Crippen molar-refractivity contribution in [3.63, 3.8) is 0 Å². The third-order valence-electron chi connectivity index (χ3n) is 6.19. The standard InChI is InChI=1S/C24H24FN5O5/c25-18-11-30(22(32)12-31)6-4-20(18)35-19-2-1-13(7-15(19)10-26)14-3-5-28-21(8-14)29-24(34)17-9-16(17)23(27)33/h1-3,5,7-8,16-18,20,31H,4,6,9,11-12H2,(H2,27,33)(H,28,29,34)/t16-,17?,18?,20?/m1/s1. The van der Waals surface area contributed by atoms with E-state index < -0.39 is 42.5 Å². The zero-order valence-corrected chi connectivity index (χ0v) is 18.7. The highest BCUT2D eigenvalue weighted by atomic mass is 19.1. The number of rotatable bonds is 7. The Morgan fingerprint density at radius 3 is 2.69 bits per heavy atom. The van der Waals surface area contributed by atoms with Crippen molar-refractivity contribution in [2.45, 2.75) is 25.1 Å². The summed E-state index contributed by atoms with van der Waals surface area (Å²) >= 11 is 0. The number of amides is 3. The van der Waals surface area contributed by atoms with Gasteiger partial charge in [0.2, 0.25) is 17.7 Å². The summed E-state index contributed by atoms with van der Waals surface area (Å²) in [6, 6.07) is 10.3. The molecule has 1 aliphatic carbocycles. The average Bonchev–Trinajstić information content (AvgIpc) is 3.67. The van der Waals surface area contributed by atoms with Crippen molar-refractivity contribution < 1.29 is 28.6 Å². The Labute approximate surface area is 200 Å². The number of nitrogens with zero attached hydrogens (tertiary/aromatic N) is 3. The number of hydrogen-bond acceptors (Lipinski definition) is 7. The summed E-state index contributed by atoms with van der Waals surface area (Å²) in [5.41, 5.74) is 6.78. The Balaban J connectivity index is 1.45. The molecule has 11 heteroatoms. The molecular weight excluding hydrogens is 457 g/mol. The monoisotopic (exact) mass is 481 g/mol. The molecular formula is C24H24FN5O5. The number of halogens is 1. The quantitative estimate of drug-likeness (QED) is 0.532. The van der Waals surface area contributed by atoms with Crippen molar-refractivity contribution in [1.29, 1.82) is 5.26 Å². The van der Waals surface area contributed by atoms with Gasteiger partial charge in [-0.1, -0.05) is 6.07 Å². The summed E-state index contributed by atoms with van der Waals surface area (Å²) in [7, 11) is 0. The molecule has 2 heterocycles. The summed E-state index contributed by atoms with van der Waals surface area (Å²) in [5.74, 6) is -1.74. The van der Waals surface area contributed by atoms with Crippen LogP contribution in [-0.4, -0.2) is 64.7 Å². The van der Waals surface area contributed by atoms with Crippen LogP contribution in [0.2, 0.25) is 0 Å². The molecule has 2 aliphatic rings. The summed E-state index contributed by atoms with van der Waals surface area (Å²) in [5, 5.41) is 21.3. The van der Waals surface area contributed by atoms with Gasteiger partial charge in [0.25, 0.3) is 0 Å². The van der Waals surface area contributed by atoms with Crippen molar-refractivity contribution in [3.8, 4) is 22.9 Å². The molecule has 4 rings (SSSR count). The van der Waals surface area contributed by atoms with Gasteiger partial charge in [-0.25, -0.2) is 9.37 Å². The number of carbonyl (C=O) groups excluding carboxylic acids is 3. The first kappa shape index (κ1) is 24.1.